The molecule has 1 N–H and O–H groups in total. The zero-order valence-corrected chi connectivity index (χ0v) is 34.5. The summed E-state index contributed by atoms with van der Waals surface area (Å²) >= 11 is 5.56. The van der Waals surface area contributed by atoms with Crippen LogP contribution in [0.1, 0.15) is 66.3 Å². The maximum absolute atomic E-state index is 12.0. The first-order valence-electron chi connectivity index (χ1n) is 19.2. The quantitative estimate of drug-likeness (QED) is 0.0798. The number of aryl methyl sites for hydroxylation is 2. The summed E-state index contributed by atoms with van der Waals surface area (Å²) in [6, 6.07) is 18.9. The summed E-state index contributed by atoms with van der Waals surface area (Å²) in [5, 5.41) is 2.52. The molecule has 0 atom stereocenters. The van der Waals surface area contributed by atoms with E-state index in [0.29, 0.717) is 39.2 Å². The predicted octanol–water partition coefficient (Wildman–Crippen LogP) is 7.38. The lowest BCUT2D eigenvalue weighted by atomic mass is 9.75. The topological polar surface area (TPSA) is 108 Å². The van der Waals surface area contributed by atoms with Gasteiger partial charge in [0.2, 0.25) is 6.41 Å². The smallest absolute Gasteiger partial charge is 0.294 e. The van der Waals surface area contributed by atoms with Crippen LogP contribution in [0.5, 0.6) is 11.5 Å². The summed E-state index contributed by atoms with van der Waals surface area (Å²) in [7, 11) is 6.50. The molecular weight excluding hydrogens is 722 g/mol. The third kappa shape index (κ3) is 13.1. The van der Waals surface area contributed by atoms with Crippen LogP contribution in [0, 0.1) is 13.8 Å². The van der Waals surface area contributed by atoms with Crippen molar-refractivity contribution < 1.29 is 38.0 Å². The fraction of sp³-hybridized carbons (Fsp3) is 0.535. The lowest BCUT2D eigenvalue weighted by molar-refractivity contribution is -0.137. The monoisotopic (exact) mass is 783 g/mol. The van der Waals surface area contributed by atoms with Crippen molar-refractivity contribution in [3.8, 4) is 11.5 Å². The molecule has 2 fully saturated rings. The molecule has 3 heterocycles. The minimum atomic E-state index is -1.07. The molecule has 0 radical (unpaired) electrons. The predicted molar refractivity (Wildman–Crippen MR) is 220 cm³/mol. The molecule has 0 unspecified atom stereocenters. The van der Waals surface area contributed by atoms with Gasteiger partial charge >= 0.3 is 0 Å². The normalized spacial score (nSPS) is 14.3. The maximum Gasteiger partial charge on any atom is 0.294 e. The Balaban J connectivity index is 0.000000312. The summed E-state index contributed by atoms with van der Waals surface area (Å²) in [6.07, 6.45) is 7.62. The van der Waals surface area contributed by atoms with Gasteiger partial charge in [0.15, 0.2) is 5.60 Å². The number of benzene rings is 3. The SMILES string of the molecule is COC.COC.Cc1ccc(C)c(C2(OC=O)c3ccc(N4CCC4)cc3Oc3cc(N4CCC4)ccc32)c1.O=CNCCOCCOCCCCCCCl. The second-order valence-electron chi connectivity index (χ2n) is 13.6. The van der Waals surface area contributed by atoms with E-state index in [9.17, 15) is 9.59 Å². The highest BCUT2D eigenvalue weighted by Crippen LogP contribution is 2.54. The van der Waals surface area contributed by atoms with Crippen molar-refractivity contribution in [3.05, 3.63) is 82.4 Å². The molecule has 0 aliphatic carbocycles. The molecule has 0 saturated carbocycles. The highest BCUT2D eigenvalue weighted by Gasteiger charge is 2.47. The molecule has 0 spiro atoms. The number of unbranched alkanes of at least 4 members (excludes halogenated alkanes) is 3. The molecule has 3 aromatic carbocycles. The van der Waals surface area contributed by atoms with Gasteiger partial charge in [-0.15, -0.1) is 11.6 Å². The molecule has 11 nitrogen and oxygen atoms in total. The van der Waals surface area contributed by atoms with E-state index in [0.717, 1.165) is 102 Å². The fourth-order valence-electron chi connectivity index (χ4n) is 6.41. The van der Waals surface area contributed by atoms with Crippen molar-refractivity contribution >= 4 is 35.9 Å². The van der Waals surface area contributed by atoms with E-state index in [2.05, 4.69) is 93.0 Å². The van der Waals surface area contributed by atoms with E-state index in [-0.39, 0.29) is 0 Å². The van der Waals surface area contributed by atoms with Crippen molar-refractivity contribution in [1.29, 1.82) is 0 Å². The second kappa shape index (κ2) is 25.3. The molecule has 6 rings (SSSR count). The first-order valence-corrected chi connectivity index (χ1v) is 19.7. The third-order valence-electron chi connectivity index (χ3n) is 9.37. The Morgan fingerprint density at radius 2 is 1.25 bits per heavy atom. The number of ether oxygens (including phenoxy) is 6. The molecule has 12 heteroatoms. The number of nitrogens with one attached hydrogen (secondary N) is 1. The van der Waals surface area contributed by atoms with Crippen LogP contribution in [0.4, 0.5) is 11.4 Å². The van der Waals surface area contributed by atoms with E-state index in [4.69, 9.17) is 30.5 Å². The van der Waals surface area contributed by atoms with E-state index in [1.165, 1.54) is 25.7 Å². The molecule has 0 bridgehead atoms. The Morgan fingerprint density at radius 3 is 1.75 bits per heavy atom. The standard InChI is InChI=1S/C28H28N2O3.C11H22ClNO3.2C2H6O/c1-19-5-6-20(2)25(15-19)28(32-18-31)23-9-7-21(29-11-3-12-29)16-26(23)33-27-17-22(8-10-24(27)28)30-13-4-14-30;12-5-3-1-2-4-7-15-9-10-16-8-6-13-11-14;2*1-3-2/h5-10,15-18H,3-4,11-14H2,1-2H3;11H,1-10H2,(H,13,14);2*1-2H3. The van der Waals surface area contributed by atoms with Gasteiger partial charge in [0.25, 0.3) is 6.47 Å². The zero-order valence-electron chi connectivity index (χ0n) is 33.7. The lowest BCUT2D eigenvalue weighted by Crippen LogP contribution is -2.39. The first kappa shape index (κ1) is 45.5. The maximum atomic E-state index is 12.0. The van der Waals surface area contributed by atoms with Crippen LogP contribution in [-0.4, -0.2) is 106 Å². The van der Waals surface area contributed by atoms with Gasteiger partial charge in [-0.3, -0.25) is 9.59 Å². The van der Waals surface area contributed by atoms with Crippen LogP contribution in [0.15, 0.2) is 54.6 Å². The van der Waals surface area contributed by atoms with E-state index < -0.39 is 5.60 Å². The number of alkyl halides is 1. The highest BCUT2D eigenvalue weighted by atomic mass is 35.5. The van der Waals surface area contributed by atoms with Crippen LogP contribution in [0.3, 0.4) is 0 Å². The number of hydrogen-bond acceptors (Lipinski definition) is 10. The van der Waals surface area contributed by atoms with Gasteiger partial charge in [-0.2, -0.15) is 0 Å². The van der Waals surface area contributed by atoms with Crippen molar-refractivity contribution in [2.24, 2.45) is 0 Å². The van der Waals surface area contributed by atoms with E-state index in [1.54, 1.807) is 28.4 Å². The van der Waals surface area contributed by atoms with Crippen LogP contribution in [-0.2, 0) is 38.9 Å². The average Bonchev–Trinajstić information content (AvgIpc) is 3.12. The molecule has 3 aliphatic heterocycles. The number of fused-ring (bicyclic) bond motifs is 2. The summed E-state index contributed by atoms with van der Waals surface area (Å²) in [5.41, 5.74) is 6.09. The van der Waals surface area contributed by atoms with Crippen LogP contribution in [0.25, 0.3) is 0 Å². The molecule has 3 aromatic rings. The van der Waals surface area contributed by atoms with Gasteiger partial charge in [-0.25, -0.2) is 0 Å². The Bertz CT molecular complexity index is 1500. The molecule has 2 saturated heterocycles. The van der Waals surface area contributed by atoms with Gasteiger partial charge in [0.1, 0.15) is 11.5 Å². The number of hydrogen-bond donors (Lipinski definition) is 1. The Kier molecular flexibility index (Phi) is 21.0. The molecule has 0 aromatic heterocycles. The van der Waals surface area contributed by atoms with Gasteiger partial charge < -0.3 is 43.5 Å². The second-order valence-corrected chi connectivity index (χ2v) is 14.0. The van der Waals surface area contributed by atoms with E-state index in [1.807, 2.05) is 0 Å². The van der Waals surface area contributed by atoms with Gasteiger partial charge in [-0.05, 0) is 69.4 Å². The van der Waals surface area contributed by atoms with Crippen LogP contribution >= 0.6 is 11.6 Å². The zero-order chi connectivity index (χ0) is 39.9. The molecule has 3 aliphatic rings. The van der Waals surface area contributed by atoms with Crippen molar-refractivity contribution in [2.45, 2.75) is 58.0 Å². The minimum absolute atomic E-state index is 0.540. The largest absolute Gasteiger partial charge is 0.456 e. The summed E-state index contributed by atoms with van der Waals surface area (Å²) in [5.74, 6) is 2.25. The number of carbonyl (C=O) groups is 2. The lowest BCUT2D eigenvalue weighted by Gasteiger charge is -2.41. The van der Waals surface area contributed by atoms with Crippen molar-refractivity contribution in [2.75, 3.05) is 103 Å². The fourth-order valence-corrected chi connectivity index (χ4v) is 6.60. The number of methoxy groups -OCH3 is 2. The molecular formula is C43H62ClN3O8. The average molecular weight is 784 g/mol. The Labute approximate surface area is 333 Å². The summed E-state index contributed by atoms with van der Waals surface area (Å²) in [6.45, 7) is 12.0. The third-order valence-corrected chi connectivity index (χ3v) is 9.63. The van der Waals surface area contributed by atoms with Gasteiger partial charge in [-0.1, -0.05) is 36.6 Å². The first-order chi connectivity index (χ1) is 26.8. The summed E-state index contributed by atoms with van der Waals surface area (Å²) in [4.78, 5) is 26.6. The number of rotatable bonds is 18. The minimum Gasteiger partial charge on any atom is -0.456 e. The molecule has 55 heavy (non-hydrogen) atoms. The number of amides is 1. The Morgan fingerprint density at radius 1 is 0.709 bits per heavy atom. The number of nitrogens with zero attached hydrogens (tertiary/aromatic N) is 2. The van der Waals surface area contributed by atoms with Crippen LogP contribution < -0.4 is 19.9 Å². The van der Waals surface area contributed by atoms with Crippen molar-refractivity contribution in [1.82, 2.24) is 5.32 Å². The van der Waals surface area contributed by atoms with Gasteiger partial charge in [0, 0.05) is 114 Å². The van der Waals surface area contributed by atoms with Gasteiger partial charge in [0.05, 0.1) is 19.8 Å². The molecule has 304 valence electrons. The van der Waals surface area contributed by atoms with E-state index >= 15 is 0 Å². The highest BCUT2D eigenvalue weighted by molar-refractivity contribution is 6.17. The number of anilines is 2. The van der Waals surface area contributed by atoms with Crippen LogP contribution in [0.2, 0.25) is 0 Å². The summed E-state index contributed by atoms with van der Waals surface area (Å²) < 4.78 is 31.8. The van der Waals surface area contributed by atoms with Crippen molar-refractivity contribution in [3.63, 3.8) is 0 Å². The number of halogens is 1. The Hall–Kier alpha value is -3.87. The number of carbonyl (C=O) groups excluding carboxylic acids is 2. The molecule has 1 amide bonds.